The average molecular weight is 254 g/mol. The van der Waals surface area contributed by atoms with Gasteiger partial charge < -0.3 is 0 Å². The Labute approximate surface area is 85.9 Å². The van der Waals surface area contributed by atoms with E-state index in [1.54, 1.807) is 6.92 Å². The molecule has 0 aromatic heterocycles. The van der Waals surface area contributed by atoms with Gasteiger partial charge in [-0.1, -0.05) is 13.3 Å². The quantitative estimate of drug-likeness (QED) is 0.421. The molecule has 8 heteroatoms. The number of hydrogen-bond acceptors (Lipinski definition) is 1. The van der Waals surface area contributed by atoms with Crippen molar-refractivity contribution in [3.05, 3.63) is 0 Å². The number of halogens is 5. The minimum Gasteiger partial charge on any atom is -0.228 e. The van der Waals surface area contributed by atoms with Gasteiger partial charge in [0.1, 0.15) is 0 Å². The Morgan fingerprint density at radius 1 is 1.43 bits per heavy atom. The lowest BCUT2D eigenvalue weighted by Gasteiger charge is -2.17. The first-order chi connectivity index (χ1) is 6.23. The number of unbranched alkanes of at least 4 members (excludes halogenated alkanes) is 1. The van der Waals surface area contributed by atoms with Crippen LogP contribution in [0.2, 0.25) is 0 Å². The molecule has 0 fully saturated rings. The summed E-state index contributed by atoms with van der Waals surface area (Å²) in [5, 5.41) is -9.71. The van der Waals surface area contributed by atoms with Crippen LogP contribution in [0.15, 0.2) is 4.40 Å². The van der Waals surface area contributed by atoms with E-state index in [1.165, 1.54) is 0 Å². The SMILES string of the molecule is CCC/C=N/S(=O)C(F)(F)C(F)(F)Cl. The van der Waals surface area contributed by atoms with E-state index in [0.29, 0.717) is 6.42 Å². The van der Waals surface area contributed by atoms with Crippen molar-refractivity contribution in [2.24, 2.45) is 4.40 Å². The first kappa shape index (κ1) is 13.8. The van der Waals surface area contributed by atoms with E-state index in [0.717, 1.165) is 6.21 Å². The van der Waals surface area contributed by atoms with Gasteiger partial charge in [-0.25, -0.2) is 4.21 Å². The molecule has 0 heterocycles. The second-order valence-electron chi connectivity index (χ2n) is 2.34. The predicted molar refractivity (Wildman–Crippen MR) is 47.3 cm³/mol. The third kappa shape index (κ3) is 3.53. The second-order valence-corrected chi connectivity index (χ2v) is 4.04. The van der Waals surface area contributed by atoms with Crippen molar-refractivity contribution in [2.45, 2.75) is 30.4 Å². The zero-order valence-electron chi connectivity index (χ0n) is 7.15. The van der Waals surface area contributed by atoms with Crippen LogP contribution >= 0.6 is 11.6 Å². The minimum absolute atomic E-state index is 0.287. The van der Waals surface area contributed by atoms with Crippen LogP contribution in [0, 0.1) is 0 Å². The third-order valence-corrected chi connectivity index (χ3v) is 2.52. The normalized spacial score (nSPS) is 16.1. The molecule has 0 radical (unpaired) electrons. The lowest BCUT2D eigenvalue weighted by atomic mass is 10.4. The van der Waals surface area contributed by atoms with Crippen molar-refractivity contribution in [3.8, 4) is 0 Å². The molecular weight excluding hydrogens is 246 g/mol. The molecule has 2 nitrogen and oxygen atoms in total. The van der Waals surface area contributed by atoms with Gasteiger partial charge in [0.2, 0.25) is 11.0 Å². The highest BCUT2D eigenvalue weighted by molar-refractivity contribution is 7.85. The molecule has 1 unspecified atom stereocenters. The fourth-order valence-corrected chi connectivity index (χ4v) is 1.18. The molecule has 0 saturated carbocycles. The van der Waals surface area contributed by atoms with E-state index in [1.807, 2.05) is 0 Å². The molecule has 0 aliphatic carbocycles. The summed E-state index contributed by atoms with van der Waals surface area (Å²) in [4.78, 5) is 0. The molecule has 0 aliphatic heterocycles. The molecule has 0 aromatic rings. The lowest BCUT2D eigenvalue weighted by Crippen LogP contribution is -2.38. The highest BCUT2D eigenvalue weighted by atomic mass is 35.5. The average Bonchev–Trinajstić information content (AvgIpc) is 2.02. The highest BCUT2D eigenvalue weighted by Gasteiger charge is 2.60. The molecule has 0 saturated heterocycles. The molecule has 0 amide bonds. The van der Waals surface area contributed by atoms with Gasteiger partial charge in [0.15, 0.2) is 0 Å². The summed E-state index contributed by atoms with van der Waals surface area (Å²) in [6, 6.07) is 0. The summed E-state index contributed by atoms with van der Waals surface area (Å²) < 4.78 is 62.3. The van der Waals surface area contributed by atoms with Gasteiger partial charge in [-0.15, -0.1) is 0 Å². The molecule has 14 heavy (non-hydrogen) atoms. The van der Waals surface area contributed by atoms with E-state index in [-0.39, 0.29) is 6.42 Å². The molecule has 0 aromatic carbocycles. The standard InChI is InChI=1S/C6H8ClF4NOS/c1-2-3-4-12-14(13)6(10,11)5(7,8)9/h4H,2-3H2,1H3/b12-4+. The Kier molecular flexibility index (Phi) is 5.00. The smallest absolute Gasteiger partial charge is 0.228 e. The predicted octanol–water partition coefficient (Wildman–Crippen LogP) is 2.95. The summed E-state index contributed by atoms with van der Waals surface area (Å²) in [5.74, 6) is 0. The lowest BCUT2D eigenvalue weighted by molar-refractivity contribution is -0.0932. The van der Waals surface area contributed by atoms with Crippen molar-refractivity contribution >= 4 is 28.8 Å². The maximum absolute atomic E-state index is 12.5. The van der Waals surface area contributed by atoms with Crippen LogP contribution in [0.3, 0.4) is 0 Å². The third-order valence-electron chi connectivity index (χ3n) is 1.14. The van der Waals surface area contributed by atoms with Crippen LogP contribution < -0.4 is 0 Å². The minimum atomic E-state index is -4.86. The van der Waals surface area contributed by atoms with Crippen molar-refractivity contribution < 1.29 is 21.8 Å². The molecule has 0 rings (SSSR count). The summed E-state index contributed by atoms with van der Waals surface area (Å²) in [6.45, 7) is 1.73. The van der Waals surface area contributed by atoms with Gasteiger partial charge in [-0.3, -0.25) is 0 Å². The van der Waals surface area contributed by atoms with Gasteiger partial charge in [0.05, 0.1) is 0 Å². The van der Waals surface area contributed by atoms with E-state index in [4.69, 9.17) is 0 Å². The van der Waals surface area contributed by atoms with Gasteiger partial charge in [-0.2, -0.15) is 22.0 Å². The number of nitrogens with zero attached hydrogens (tertiary/aromatic N) is 1. The van der Waals surface area contributed by atoms with Crippen LogP contribution in [-0.2, 0) is 11.0 Å². The van der Waals surface area contributed by atoms with Gasteiger partial charge in [0.25, 0.3) is 0 Å². The zero-order chi connectivity index (χ0) is 11.4. The monoisotopic (exact) mass is 253 g/mol. The second kappa shape index (κ2) is 5.06. The van der Waals surface area contributed by atoms with Crippen molar-refractivity contribution in [1.82, 2.24) is 0 Å². The van der Waals surface area contributed by atoms with Gasteiger partial charge in [0, 0.05) is 6.21 Å². The molecule has 84 valence electrons. The Hall–Kier alpha value is -0.170. The fraction of sp³-hybridized carbons (Fsp3) is 0.833. The van der Waals surface area contributed by atoms with Crippen LogP contribution in [0.25, 0.3) is 0 Å². The Bertz CT molecular complexity index is 240. The molecule has 0 bridgehead atoms. The fourth-order valence-electron chi connectivity index (χ4n) is 0.415. The van der Waals surface area contributed by atoms with E-state index in [9.17, 15) is 21.8 Å². The number of alkyl halides is 5. The Morgan fingerprint density at radius 2 is 1.93 bits per heavy atom. The number of rotatable bonds is 5. The molecular formula is C6H8ClF4NOS. The van der Waals surface area contributed by atoms with Gasteiger partial charge in [-0.05, 0) is 18.0 Å². The number of hydrogen-bond donors (Lipinski definition) is 0. The van der Waals surface area contributed by atoms with E-state index in [2.05, 4.69) is 16.0 Å². The molecule has 0 spiro atoms. The summed E-state index contributed by atoms with van der Waals surface area (Å²) >= 11 is 4.08. The maximum atomic E-state index is 12.5. The first-order valence-corrected chi connectivity index (χ1v) is 5.11. The van der Waals surface area contributed by atoms with Crippen LogP contribution in [0.5, 0.6) is 0 Å². The van der Waals surface area contributed by atoms with Crippen LogP contribution in [-0.4, -0.2) is 21.1 Å². The van der Waals surface area contributed by atoms with E-state index < -0.39 is 21.6 Å². The van der Waals surface area contributed by atoms with Crippen molar-refractivity contribution in [1.29, 1.82) is 0 Å². The summed E-state index contributed by atoms with van der Waals surface area (Å²) in [7, 11) is -3.35. The first-order valence-electron chi connectivity index (χ1n) is 3.62. The topological polar surface area (TPSA) is 29.4 Å². The summed E-state index contributed by atoms with van der Waals surface area (Å²) in [5.41, 5.74) is 0. The highest BCUT2D eigenvalue weighted by Crippen LogP contribution is 2.40. The Morgan fingerprint density at radius 3 is 2.29 bits per heavy atom. The van der Waals surface area contributed by atoms with E-state index >= 15 is 0 Å². The van der Waals surface area contributed by atoms with Gasteiger partial charge >= 0.3 is 10.6 Å². The van der Waals surface area contributed by atoms with Crippen molar-refractivity contribution in [2.75, 3.05) is 0 Å². The zero-order valence-corrected chi connectivity index (χ0v) is 8.72. The molecule has 0 aliphatic rings. The maximum Gasteiger partial charge on any atom is 0.417 e. The molecule has 0 N–H and O–H groups in total. The van der Waals surface area contributed by atoms with Crippen LogP contribution in [0.1, 0.15) is 19.8 Å². The Balaban J connectivity index is 4.52. The van der Waals surface area contributed by atoms with Crippen LogP contribution in [0.4, 0.5) is 17.6 Å². The largest absolute Gasteiger partial charge is 0.417 e. The summed E-state index contributed by atoms with van der Waals surface area (Å²) in [6.07, 6.45) is 1.78. The van der Waals surface area contributed by atoms with Crippen molar-refractivity contribution in [3.63, 3.8) is 0 Å². The molecule has 1 atom stereocenters.